The molecule has 1 saturated heterocycles. The summed E-state index contributed by atoms with van der Waals surface area (Å²) in [6.45, 7) is 8.62. The highest BCUT2D eigenvalue weighted by Gasteiger charge is 2.23. The summed E-state index contributed by atoms with van der Waals surface area (Å²) in [6, 6.07) is 8.66. The molecule has 1 N–H and O–H groups in total. The van der Waals surface area contributed by atoms with Crippen molar-refractivity contribution in [3.8, 4) is 0 Å². The van der Waals surface area contributed by atoms with Crippen LogP contribution in [-0.2, 0) is 4.79 Å². The van der Waals surface area contributed by atoms with E-state index in [2.05, 4.69) is 25.1 Å². The van der Waals surface area contributed by atoms with Gasteiger partial charge >= 0.3 is 0 Å². The molecular weight excluding hydrogens is 373 g/mol. The van der Waals surface area contributed by atoms with E-state index in [0.29, 0.717) is 22.9 Å². The van der Waals surface area contributed by atoms with Crippen molar-refractivity contribution in [2.24, 2.45) is 5.41 Å². The third kappa shape index (κ3) is 4.16. The Bertz CT molecular complexity index is 1020. The lowest BCUT2D eigenvalue weighted by Crippen LogP contribution is -2.46. The van der Waals surface area contributed by atoms with Crippen LogP contribution >= 0.6 is 0 Å². The quantitative estimate of drug-likeness (QED) is 0.727. The van der Waals surface area contributed by atoms with E-state index >= 15 is 0 Å². The lowest BCUT2D eigenvalue weighted by molar-refractivity contribution is -0.123. The third-order valence-corrected chi connectivity index (χ3v) is 4.93. The summed E-state index contributed by atoms with van der Waals surface area (Å²) in [5, 5.41) is 2.83. The number of carbonyl (C=O) groups excluding carboxylic acids is 1. The Morgan fingerprint density at radius 3 is 2.48 bits per heavy atom. The highest BCUT2D eigenvalue weighted by Crippen LogP contribution is 2.25. The maximum Gasteiger partial charge on any atom is 0.298 e. The Morgan fingerprint density at radius 1 is 1.10 bits per heavy atom. The van der Waals surface area contributed by atoms with Crippen LogP contribution in [0.4, 0.5) is 21.9 Å². The molecule has 0 aliphatic carbocycles. The van der Waals surface area contributed by atoms with E-state index in [1.54, 1.807) is 12.3 Å². The first-order valence-corrected chi connectivity index (χ1v) is 9.63. The number of nitrogens with zero attached hydrogens (tertiary/aromatic N) is 4. The molecule has 8 heteroatoms. The molecule has 1 amide bonds. The van der Waals surface area contributed by atoms with E-state index in [0.717, 1.165) is 31.9 Å². The lowest BCUT2D eigenvalue weighted by atomic mass is 9.96. The Morgan fingerprint density at radius 2 is 1.83 bits per heavy atom. The minimum atomic E-state index is -0.465. The fraction of sp³-hybridized carbons (Fsp3) is 0.381. The van der Waals surface area contributed by atoms with Crippen LogP contribution < -0.4 is 15.1 Å². The maximum atomic E-state index is 13.3. The third-order valence-electron chi connectivity index (χ3n) is 4.93. The monoisotopic (exact) mass is 397 g/mol. The standard InChI is InChI=1S/C21H24FN5O2/c1-21(2,3)19(28)25-18-7-5-15(13-23-18)26-8-10-27(11-9-26)20-24-16-6-4-14(22)12-17(16)29-20/h4-7,12-13H,8-11H2,1-3H3,(H,23,25,28). The zero-order valence-electron chi connectivity index (χ0n) is 16.8. The molecule has 1 aromatic carbocycles. The maximum absolute atomic E-state index is 13.3. The van der Waals surface area contributed by atoms with Gasteiger partial charge in [0, 0.05) is 37.7 Å². The van der Waals surface area contributed by atoms with E-state index in [-0.39, 0.29) is 11.7 Å². The highest BCUT2D eigenvalue weighted by atomic mass is 19.1. The molecule has 29 heavy (non-hydrogen) atoms. The molecule has 0 spiro atoms. The van der Waals surface area contributed by atoms with Crippen molar-refractivity contribution < 1.29 is 13.6 Å². The number of pyridine rings is 1. The van der Waals surface area contributed by atoms with Crippen LogP contribution in [0.15, 0.2) is 40.9 Å². The summed E-state index contributed by atoms with van der Waals surface area (Å²) in [5.41, 5.74) is 1.64. The van der Waals surface area contributed by atoms with Crippen LogP contribution in [0.2, 0.25) is 0 Å². The van der Waals surface area contributed by atoms with Crippen LogP contribution in [-0.4, -0.2) is 42.1 Å². The van der Waals surface area contributed by atoms with Gasteiger partial charge in [0.15, 0.2) is 5.58 Å². The van der Waals surface area contributed by atoms with Crippen molar-refractivity contribution in [2.45, 2.75) is 20.8 Å². The average Bonchev–Trinajstić information content (AvgIpc) is 3.11. The predicted molar refractivity (Wildman–Crippen MR) is 111 cm³/mol. The van der Waals surface area contributed by atoms with Crippen molar-refractivity contribution in [1.82, 2.24) is 9.97 Å². The molecule has 4 rings (SSSR count). The fourth-order valence-corrected chi connectivity index (χ4v) is 3.13. The number of aromatic nitrogens is 2. The molecule has 1 fully saturated rings. The first-order valence-electron chi connectivity index (χ1n) is 9.63. The zero-order valence-corrected chi connectivity index (χ0v) is 16.8. The highest BCUT2D eigenvalue weighted by molar-refractivity contribution is 5.93. The average molecular weight is 397 g/mol. The number of nitrogens with one attached hydrogen (secondary N) is 1. The first kappa shape index (κ1) is 19.2. The van der Waals surface area contributed by atoms with E-state index in [4.69, 9.17) is 4.42 Å². The van der Waals surface area contributed by atoms with Gasteiger partial charge < -0.3 is 19.5 Å². The van der Waals surface area contributed by atoms with Crippen molar-refractivity contribution in [2.75, 3.05) is 41.3 Å². The number of benzene rings is 1. The van der Waals surface area contributed by atoms with Crippen LogP contribution in [0.5, 0.6) is 0 Å². The van der Waals surface area contributed by atoms with E-state index in [1.165, 1.54) is 12.1 Å². The van der Waals surface area contributed by atoms with Crippen LogP contribution in [0.3, 0.4) is 0 Å². The normalized spacial score (nSPS) is 15.0. The lowest BCUT2D eigenvalue weighted by Gasteiger charge is -2.35. The Kier molecular flexibility index (Phi) is 4.86. The minimum Gasteiger partial charge on any atom is -0.423 e. The second-order valence-electron chi connectivity index (χ2n) is 8.19. The van der Waals surface area contributed by atoms with E-state index in [9.17, 15) is 9.18 Å². The number of piperazine rings is 1. The molecule has 2 aromatic heterocycles. The molecule has 1 aliphatic rings. The van der Waals surface area contributed by atoms with Gasteiger partial charge in [-0.3, -0.25) is 4.79 Å². The molecule has 7 nitrogen and oxygen atoms in total. The fourth-order valence-electron chi connectivity index (χ4n) is 3.13. The van der Waals surface area contributed by atoms with Gasteiger partial charge in [0.1, 0.15) is 17.2 Å². The van der Waals surface area contributed by atoms with Gasteiger partial charge in [-0.05, 0) is 24.3 Å². The molecule has 0 radical (unpaired) electrons. The Labute approximate surface area is 168 Å². The molecule has 0 unspecified atom stereocenters. The number of amides is 1. The predicted octanol–water partition coefficient (Wildman–Crippen LogP) is 3.67. The number of hydrogen-bond donors (Lipinski definition) is 1. The molecule has 0 bridgehead atoms. The largest absolute Gasteiger partial charge is 0.423 e. The van der Waals surface area contributed by atoms with Crippen LogP contribution in [0.1, 0.15) is 20.8 Å². The SMILES string of the molecule is CC(C)(C)C(=O)Nc1ccc(N2CCN(c3nc4ccc(F)cc4o3)CC2)cn1. The number of halogens is 1. The number of hydrogen-bond acceptors (Lipinski definition) is 6. The van der Waals surface area contributed by atoms with Gasteiger partial charge in [-0.15, -0.1) is 0 Å². The zero-order chi connectivity index (χ0) is 20.6. The van der Waals surface area contributed by atoms with Crippen LogP contribution in [0.25, 0.3) is 11.1 Å². The van der Waals surface area contributed by atoms with Gasteiger partial charge in [0.05, 0.1) is 11.9 Å². The number of rotatable bonds is 3. The van der Waals surface area contributed by atoms with E-state index < -0.39 is 5.41 Å². The van der Waals surface area contributed by atoms with Gasteiger partial charge in [-0.2, -0.15) is 4.98 Å². The Hall–Kier alpha value is -3.16. The minimum absolute atomic E-state index is 0.0652. The van der Waals surface area contributed by atoms with Crippen molar-refractivity contribution in [3.63, 3.8) is 0 Å². The molecule has 0 saturated carbocycles. The van der Waals surface area contributed by atoms with Gasteiger partial charge in [-0.25, -0.2) is 9.37 Å². The van der Waals surface area contributed by atoms with Crippen LogP contribution in [0, 0.1) is 11.2 Å². The summed E-state index contributed by atoms with van der Waals surface area (Å²) in [4.78, 5) is 25.2. The first-order chi connectivity index (χ1) is 13.8. The molecular formula is C21H24FN5O2. The molecule has 152 valence electrons. The molecule has 3 aromatic rings. The summed E-state index contributed by atoms with van der Waals surface area (Å²) in [5.74, 6) is 0.148. The summed E-state index contributed by atoms with van der Waals surface area (Å²) in [6.07, 6.45) is 1.77. The number of carbonyl (C=O) groups is 1. The summed E-state index contributed by atoms with van der Waals surface area (Å²) >= 11 is 0. The van der Waals surface area contributed by atoms with Crippen molar-refractivity contribution in [3.05, 3.63) is 42.3 Å². The van der Waals surface area contributed by atoms with E-state index in [1.807, 2.05) is 32.9 Å². The van der Waals surface area contributed by atoms with Crippen molar-refractivity contribution >= 4 is 34.5 Å². The summed E-state index contributed by atoms with van der Waals surface area (Å²) < 4.78 is 19.1. The number of oxazole rings is 1. The second-order valence-corrected chi connectivity index (χ2v) is 8.19. The molecule has 3 heterocycles. The smallest absolute Gasteiger partial charge is 0.298 e. The molecule has 0 atom stereocenters. The second kappa shape index (κ2) is 7.35. The molecule has 1 aliphatic heterocycles. The summed E-state index contributed by atoms with van der Waals surface area (Å²) in [7, 11) is 0. The Balaban J connectivity index is 1.38. The number of fused-ring (bicyclic) bond motifs is 1. The van der Waals surface area contributed by atoms with Gasteiger partial charge in [0.25, 0.3) is 6.01 Å². The van der Waals surface area contributed by atoms with Gasteiger partial charge in [0.2, 0.25) is 5.91 Å². The van der Waals surface area contributed by atoms with Crippen molar-refractivity contribution in [1.29, 1.82) is 0 Å². The number of anilines is 3. The van der Waals surface area contributed by atoms with Gasteiger partial charge in [-0.1, -0.05) is 20.8 Å². The topological polar surface area (TPSA) is 74.5 Å².